The Labute approximate surface area is 159 Å². The Hall–Kier alpha value is -3.12. The van der Waals surface area contributed by atoms with Crippen molar-refractivity contribution in [1.29, 1.82) is 0 Å². The Morgan fingerprint density at radius 1 is 1.11 bits per heavy atom. The first kappa shape index (κ1) is 18.7. The molecule has 0 saturated carbocycles. The maximum atomic E-state index is 12.5. The molecule has 3 N–H and O–H groups in total. The van der Waals surface area contributed by atoms with Gasteiger partial charge >= 0.3 is 0 Å². The van der Waals surface area contributed by atoms with Crippen molar-refractivity contribution in [1.82, 2.24) is 10.2 Å². The van der Waals surface area contributed by atoms with Crippen LogP contribution in [0.4, 0.5) is 11.4 Å². The number of fused-ring (bicyclic) bond motifs is 1. The van der Waals surface area contributed by atoms with Crippen molar-refractivity contribution >= 4 is 28.8 Å². The molecular formula is C21H24N4O2. The van der Waals surface area contributed by atoms with Gasteiger partial charge in [0.2, 0.25) is 0 Å². The van der Waals surface area contributed by atoms with Gasteiger partial charge in [-0.2, -0.15) is 0 Å². The molecule has 27 heavy (non-hydrogen) atoms. The number of hydrogen-bond donors (Lipinski definition) is 3. The highest BCUT2D eigenvalue weighted by Crippen LogP contribution is 2.34. The lowest BCUT2D eigenvalue weighted by atomic mass is 10.0. The van der Waals surface area contributed by atoms with Crippen LogP contribution in [0.1, 0.15) is 28.4 Å². The normalized spacial score (nSPS) is 14.6. The monoisotopic (exact) mass is 364 g/mol. The average Bonchev–Trinajstić information content (AvgIpc) is 2.97. The van der Waals surface area contributed by atoms with Gasteiger partial charge in [-0.25, -0.2) is 0 Å². The van der Waals surface area contributed by atoms with Crippen LogP contribution in [0.5, 0.6) is 0 Å². The molecule has 0 aliphatic carbocycles. The SMILES string of the molecule is CNC(=O)c1ccc2c(c1)/C(=C(\C)Nc1ccc(CN(C)C)cc1)C(=O)N2. The molecule has 0 atom stereocenters. The number of benzene rings is 2. The van der Waals surface area contributed by atoms with Gasteiger partial charge in [-0.1, -0.05) is 12.1 Å². The first-order valence-electron chi connectivity index (χ1n) is 8.78. The van der Waals surface area contributed by atoms with E-state index in [1.807, 2.05) is 33.2 Å². The van der Waals surface area contributed by atoms with Gasteiger partial charge in [0.1, 0.15) is 0 Å². The number of nitrogens with zero attached hydrogens (tertiary/aromatic N) is 1. The summed E-state index contributed by atoms with van der Waals surface area (Å²) in [6.45, 7) is 2.74. The first-order valence-corrected chi connectivity index (χ1v) is 8.78. The molecule has 6 nitrogen and oxygen atoms in total. The van der Waals surface area contributed by atoms with Gasteiger partial charge in [0.25, 0.3) is 11.8 Å². The molecule has 2 amide bonds. The van der Waals surface area contributed by atoms with Gasteiger partial charge in [-0.15, -0.1) is 0 Å². The molecule has 140 valence electrons. The van der Waals surface area contributed by atoms with E-state index in [0.717, 1.165) is 23.5 Å². The molecule has 2 aromatic carbocycles. The molecule has 1 aliphatic heterocycles. The minimum Gasteiger partial charge on any atom is -0.358 e. The number of carbonyl (C=O) groups is 2. The van der Waals surface area contributed by atoms with Crippen LogP contribution in [0.25, 0.3) is 5.57 Å². The third-order valence-corrected chi connectivity index (χ3v) is 4.41. The lowest BCUT2D eigenvalue weighted by molar-refractivity contribution is -0.110. The Balaban J connectivity index is 1.89. The van der Waals surface area contributed by atoms with Crippen LogP contribution < -0.4 is 16.0 Å². The molecule has 3 rings (SSSR count). The van der Waals surface area contributed by atoms with Gasteiger partial charge in [-0.05, 0) is 56.9 Å². The van der Waals surface area contributed by atoms with Crippen molar-refractivity contribution in [3.8, 4) is 0 Å². The summed E-state index contributed by atoms with van der Waals surface area (Å²) in [5, 5.41) is 8.76. The minimum absolute atomic E-state index is 0.173. The second kappa shape index (κ2) is 7.63. The maximum Gasteiger partial charge on any atom is 0.258 e. The van der Waals surface area contributed by atoms with E-state index in [1.54, 1.807) is 25.2 Å². The lowest BCUT2D eigenvalue weighted by Crippen LogP contribution is -2.17. The Kier molecular flexibility index (Phi) is 5.28. The lowest BCUT2D eigenvalue weighted by Gasteiger charge is -2.12. The van der Waals surface area contributed by atoms with Gasteiger partial charge in [0, 0.05) is 41.8 Å². The molecule has 1 aliphatic rings. The third-order valence-electron chi connectivity index (χ3n) is 4.41. The highest BCUT2D eigenvalue weighted by molar-refractivity contribution is 6.32. The number of rotatable bonds is 5. The molecule has 0 radical (unpaired) electrons. The van der Waals surface area contributed by atoms with E-state index in [1.165, 1.54) is 5.56 Å². The molecule has 0 saturated heterocycles. The fraction of sp³-hybridized carbons (Fsp3) is 0.238. The molecule has 2 aromatic rings. The van der Waals surface area contributed by atoms with Crippen LogP contribution in [0.3, 0.4) is 0 Å². The quantitative estimate of drug-likeness (QED) is 0.714. The second-order valence-corrected chi connectivity index (χ2v) is 6.85. The van der Waals surface area contributed by atoms with E-state index >= 15 is 0 Å². The number of amides is 2. The average molecular weight is 364 g/mol. The van der Waals surface area contributed by atoms with E-state index in [2.05, 4.69) is 33.0 Å². The summed E-state index contributed by atoms with van der Waals surface area (Å²) in [5.74, 6) is -0.355. The third kappa shape index (κ3) is 4.01. The number of carbonyl (C=O) groups excluding carboxylic acids is 2. The van der Waals surface area contributed by atoms with Gasteiger partial charge in [0.05, 0.1) is 5.57 Å². The summed E-state index contributed by atoms with van der Waals surface area (Å²) in [6, 6.07) is 13.3. The van der Waals surface area contributed by atoms with E-state index in [9.17, 15) is 9.59 Å². The fourth-order valence-corrected chi connectivity index (χ4v) is 3.16. The van der Waals surface area contributed by atoms with E-state index in [-0.39, 0.29) is 11.8 Å². The van der Waals surface area contributed by atoms with Crippen LogP contribution in [-0.4, -0.2) is 37.9 Å². The zero-order chi connectivity index (χ0) is 19.6. The van der Waals surface area contributed by atoms with E-state index in [0.29, 0.717) is 16.8 Å². The molecule has 0 bridgehead atoms. The van der Waals surface area contributed by atoms with Crippen molar-refractivity contribution in [3.63, 3.8) is 0 Å². The number of anilines is 2. The highest BCUT2D eigenvalue weighted by atomic mass is 16.2. The Morgan fingerprint density at radius 3 is 2.44 bits per heavy atom. The largest absolute Gasteiger partial charge is 0.358 e. The number of hydrogen-bond acceptors (Lipinski definition) is 4. The van der Waals surface area contributed by atoms with Crippen LogP contribution >= 0.6 is 0 Å². The topological polar surface area (TPSA) is 73.5 Å². The van der Waals surface area contributed by atoms with E-state index in [4.69, 9.17) is 0 Å². The zero-order valence-electron chi connectivity index (χ0n) is 16.0. The van der Waals surface area contributed by atoms with Crippen molar-refractivity contribution in [3.05, 3.63) is 64.9 Å². The molecule has 6 heteroatoms. The summed E-state index contributed by atoms with van der Waals surface area (Å²) in [6.07, 6.45) is 0. The smallest absolute Gasteiger partial charge is 0.258 e. The fourth-order valence-electron chi connectivity index (χ4n) is 3.16. The van der Waals surface area contributed by atoms with Crippen LogP contribution in [0.2, 0.25) is 0 Å². The zero-order valence-corrected chi connectivity index (χ0v) is 16.0. The molecular weight excluding hydrogens is 340 g/mol. The number of nitrogens with one attached hydrogen (secondary N) is 3. The molecule has 0 aromatic heterocycles. The van der Waals surface area contributed by atoms with Crippen molar-refractivity contribution in [2.24, 2.45) is 0 Å². The predicted molar refractivity (Wildman–Crippen MR) is 109 cm³/mol. The molecule has 0 unspecified atom stereocenters. The first-order chi connectivity index (χ1) is 12.9. The van der Waals surface area contributed by atoms with Crippen LogP contribution in [0, 0.1) is 0 Å². The van der Waals surface area contributed by atoms with Crippen LogP contribution in [0.15, 0.2) is 48.2 Å². The summed E-state index contributed by atoms with van der Waals surface area (Å²) in [4.78, 5) is 26.5. The van der Waals surface area contributed by atoms with Crippen LogP contribution in [-0.2, 0) is 11.3 Å². The van der Waals surface area contributed by atoms with Crippen molar-refractivity contribution in [2.45, 2.75) is 13.5 Å². The summed E-state index contributed by atoms with van der Waals surface area (Å²) in [5.41, 5.74) is 5.38. The van der Waals surface area contributed by atoms with Crippen molar-refractivity contribution in [2.75, 3.05) is 31.8 Å². The molecule has 0 spiro atoms. The molecule has 1 heterocycles. The standard InChI is InChI=1S/C21H24N4O2/c1-13(23-16-8-5-14(6-9-16)12-25(3)4)19-17-11-15(20(26)22-2)7-10-18(17)24-21(19)27/h5-11,23H,12H2,1-4H3,(H,22,26)(H,24,27)/b19-13-. The second-order valence-electron chi connectivity index (χ2n) is 6.85. The highest BCUT2D eigenvalue weighted by Gasteiger charge is 2.27. The van der Waals surface area contributed by atoms with E-state index < -0.39 is 0 Å². The minimum atomic E-state index is -0.182. The molecule has 0 fully saturated rings. The number of allylic oxidation sites excluding steroid dienone is 1. The van der Waals surface area contributed by atoms with Gasteiger partial charge in [0.15, 0.2) is 0 Å². The van der Waals surface area contributed by atoms with Crippen molar-refractivity contribution < 1.29 is 9.59 Å². The summed E-state index contributed by atoms with van der Waals surface area (Å²) >= 11 is 0. The van der Waals surface area contributed by atoms with Gasteiger partial charge in [-0.3, -0.25) is 9.59 Å². The summed E-state index contributed by atoms with van der Waals surface area (Å²) < 4.78 is 0. The Bertz CT molecular complexity index is 914. The predicted octanol–water partition coefficient (Wildman–Crippen LogP) is 2.90. The summed E-state index contributed by atoms with van der Waals surface area (Å²) in [7, 11) is 5.65. The Morgan fingerprint density at radius 2 is 1.81 bits per heavy atom. The van der Waals surface area contributed by atoms with Gasteiger partial charge < -0.3 is 20.9 Å². The maximum absolute atomic E-state index is 12.5.